The number of carbonyl (C=O) groups excluding carboxylic acids is 1. The van der Waals surface area contributed by atoms with Gasteiger partial charge in [-0.1, -0.05) is 27.7 Å². The molecule has 0 spiro atoms. The predicted octanol–water partition coefficient (Wildman–Crippen LogP) is 2.33. The zero-order valence-electron chi connectivity index (χ0n) is 10.2. The minimum absolute atomic E-state index is 0.0834. The van der Waals surface area contributed by atoms with Crippen molar-refractivity contribution in [2.24, 2.45) is 17.8 Å². The van der Waals surface area contributed by atoms with Crippen LogP contribution in [0.25, 0.3) is 0 Å². The van der Waals surface area contributed by atoms with Crippen molar-refractivity contribution < 1.29 is 4.79 Å². The largest absolute Gasteiger partial charge is 0.355 e. The summed E-state index contributed by atoms with van der Waals surface area (Å²) in [6.07, 6.45) is 2.10. The van der Waals surface area contributed by atoms with E-state index >= 15 is 0 Å². The van der Waals surface area contributed by atoms with Gasteiger partial charge in [-0.2, -0.15) is 5.26 Å². The van der Waals surface area contributed by atoms with Gasteiger partial charge in [0.25, 0.3) is 0 Å². The summed E-state index contributed by atoms with van der Waals surface area (Å²) in [7, 11) is 0. The maximum atomic E-state index is 11.5. The van der Waals surface area contributed by atoms with E-state index in [0.717, 1.165) is 12.8 Å². The average molecular weight is 210 g/mol. The van der Waals surface area contributed by atoms with Crippen LogP contribution in [-0.4, -0.2) is 12.5 Å². The third-order valence-electron chi connectivity index (χ3n) is 2.35. The molecule has 15 heavy (non-hydrogen) atoms. The van der Waals surface area contributed by atoms with Crippen LogP contribution in [0.4, 0.5) is 0 Å². The lowest BCUT2D eigenvalue weighted by molar-refractivity contribution is -0.124. The van der Waals surface area contributed by atoms with E-state index in [0.29, 0.717) is 12.5 Å². The van der Waals surface area contributed by atoms with E-state index in [2.05, 4.69) is 19.2 Å². The second-order valence-corrected chi connectivity index (χ2v) is 4.68. The number of amides is 1. The van der Waals surface area contributed by atoms with Crippen LogP contribution in [0.1, 0.15) is 40.5 Å². The van der Waals surface area contributed by atoms with Crippen LogP contribution in [-0.2, 0) is 4.79 Å². The Morgan fingerprint density at radius 1 is 1.33 bits per heavy atom. The zero-order valence-corrected chi connectivity index (χ0v) is 10.2. The van der Waals surface area contributed by atoms with E-state index in [1.54, 1.807) is 0 Å². The van der Waals surface area contributed by atoms with Gasteiger partial charge in [0, 0.05) is 6.54 Å². The molecule has 0 rings (SSSR count). The van der Waals surface area contributed by atoms with Gasteiger partial charge in [0.1, 0.15) is 5.92 Å². The number of hydrogen-bond acceptors (Lipinski definition) is 2. The topological polar surface area (TPSA) is 52.9 Å². The summed E-state index contributed by atoms with van der Waals surface area (Å²) in [6, 6.07) is 2.04. The number of nitrogens with zero attached hydrogens (tertiary/aromatic N) is 1. The molecule has 0 aliphatic carbocycles. The maximum Gasteiger partial charge on any atom is 0.237 e. The third kappa shape index (κ3) is 6.11. The van der Waals surface area contributed by atoms with Crippen LogP contribution < -0.4 is 5.32 Å². The average Bonchev–Trinajstić information content (AvgIpc) is 2.12. The van der Waals surface area contributed by atoms with Crippen molar-refractivity contribution >= 4 is 5.91 Å². The lowest BCUT2D eigenvalue weighted by Crippen LogP contribution is -2.33. The third-order valence-corrected chi connectivity index (χ3v) is 2.35. The molecule has 0 aromatic carbocycles. The number of nitriles is 1. The first kappa shape index (κ1) is 14.0. The Morgan fingerprint density at radius 3 is 2.33 bits per heavy atom. The second kappa shape index (κ2) is 7.28. The van der Waals surface area contributed by atoms with Crippen molar-refractivity contribution in [2.75, 3.05) is 6.54 Å². The fourth-order valence-electron chi connectivity index (χ4n) is 1.34. The van der Waals surface area contributed by atoms with E-state index in [-0.39, 0.29) is 11.8 Å². The fraction of sp³-hybridized carbons (Fsp3) is 0.833. The zero-order chi connectivity index (χ0) is 11.8. The summed E-state index contributed by atoms with van der Waals surface area (Å²) < 4.78 is 0. The van der Waals surface area contributed by atoms with E-state index in [1.807, 2.05) is 19.9 Å². The molecule has 1 N–H and O–H groups in total. The Bertz CT molecular complexity index is 228. The van der Waals surface area contributed by atoms with Gasteiger partial charge in [-0.05, 0) is 24.7 Å². The highest BCUT2D eigenvalue weighted by Crippen LogP contribution is 2.09. The Labute approximate surface area is 92.9 Å². The molecule has 0 aliphatic heterocycles. The van der Waals surface area contributed by atoms with Gasteiger partial charge in [0.05, 0.1) is 6.07 Å². The summed E-state index contributed by atoms with van der Waals surface area (Å²) in [5.41, 5.74) is 0. The van der Waals surface area contributed by atoms with Crippen molar-refractivity contribution in [1.29, 1.82) is 5.26 Å². The molecule has 1 atom stereocenters. The summed E-state index contributed by atoms with van der Waals surface area (Å²) in [5.74, 6) is 0.110. The number of carbonyl (C=O) groups is 1. The number of hydrogen-bond donors (Lipinski definition) is 1. The molecule has 0 heterocycles. The lowest BCUT2D eigenvalue weighted by atomic mass is 9.96. The molecule has 0 saturated carbocycles. The van der Waals surface area contributed by atoms with Crippen LogP contribution in [0.3, 0.4) is 0 Å². The summed E-state index contributed by atoms with van der Waals surface area (Å²) in [6.45, 7) is 8.78. The molecule has 3 heteroatoms. The van der Waals surface area contributed by atoms with E-state index < -0.39 is 5.92 Å². The van der Waals surface area contributed by atoms with Gasteiger partial charge in [-0.3, -0.25) is 4.79 Å². The van der Waals surface area contributed by atoms with Gasteiger partial charge in [-0.15, -0.1) is 0 Å². The van der Waals surface area contributed by atoms with Crippen LogP contribution in [0.5, 0.6) is 0 Å². The standard InChI is InChI=1S/C12H22N2O/c1-9(2)6-5-7-14-12(15)11(8-13)10(3)4/h9-11H,5-7H2,1-4H3,(H,14,15). The van der Waals surface area contributed by atoms with Gasteiger partial charge < -0.3 is 5.32 Å². The van der Waals surface area contributed by atoms with Gasteiger partial charge in [0.2, 0.25) is 5.91 Å². The SMILES string of the molecule is CC(C)CCCNC(=O)C(C#N)C(C)C. The molecular formula is C12H22N2O. The molecular weight excluding hydrogens is 188 g/mol. The minimum atomic E-state index is -0.510. The molecule has 0 aliphatic rings. The molecule has 0 aromatic rings. The molecule has 1 unspecified atom stereocenters. The Morgan fingerprint density at radius 2 is 1.93 bits per heavy atom. The van der Waals surface area contributed by atoms with E-state index in [9.17, 15) is 4.79 Å². The van der Waals surface area contributed by atoms with Gasteiger partial charge >= 0.3 is 0 Å². The Balaban J connectivity index is 3.79. The predicted molar refractivity (Wildman–Crippen MR) is 61.0 cm³/mol. The lowest BCUT2D eigenvalue weighted by Gasteiger charge is -2.13. The molecule has 1 amide bonds. The Kier molecular flexibility index (Phi) is 6.77. The molecule has 0 bridgehead atoms. The summed E-state index contributed by atoms with van der Waals surface area (Å²) >= 11 is 0. The van der Waals surface area contributed by atoms with E-state index in [4.69, 9.17) is 5.26 Å². The molecule has 86 valence electrons. The molecule has 0 fully saturated rings. The molecule has 0 radical (unpaired) electrons. The first-order chi connectivity index (χ1) is 6.99. The van der Waals surface area contributed by atoms with Crippen molar-refractivity contribution in [3.63, 3.8) is 0 Å². The highest BCUT2D eigenvalue weighted by Gasteiger charge is 2.20. The number of rotatable bonds is 6. The van der Waals surface area contributed by atoms with Crippen LogP contribution >= 0.6 is 0 Å². The van der Waals surface area contributed by atoms with Gasteiger partial charge in [0.15, 0.2) is 0 Å². The van der Waals surface area contributed by atoms with Crippen molar-refractivity contribution in [3.05, 3.63) is 0 Å². The highest BCUT2D eigenvalue weighted by molar-refractivity contribution is 5.81. The first-order valence-electron chi connectivity index (χ1n) is 5.66. The van der Waals surface area contributed by atoms with Crippen molar-refractivity contribution in [1.82, 2.24) is 5.32 Å². The normalized spacial score (nSPS) is 12.6. The smallest absolute Gasteiger partial charge is 0.237 e. The molecule has 0 aromatic heterocycles. The summed E-state index contributed by atoms with van der Waals surface area (Å²) in [4.78, 5) is 11.5. The quantitative estimate of drug-likeness (QED) is 0.684. The molecule has 3 nitrogen and oxygen atoms in total. The molecule has 0 saturated heterocycles. The minimum Gasteiger partial charge on any atom is -0.355 e. The monoisotopic (exact) mass is 210 g/mol. The van der Waals surface area contributed by atoms with Crippen molar-refractivity contribution in [3.8, 4) is 6.07 Å². The Hall–Kier alpha value is -1.04. The van der Waals surface area contributed by atoms with Crippen LogP contribution in [0.2, 0.25) is 0 Å². The fourth-order valence-corrected chi connectivity index (χ4v) is 1.34. The van der Waals surface area contributed by atoms with Crippen LogP contribution in [0.15, 0.2) is 0 Å². The number of nitrogens with one attached hydrogen (secondary N) is 1. The highest BCUT2D eigenvalue weighted by atomic mass is 16.1. The van der Waals surface area contributed by atoms with Gasteiger partial charge in [-0.25, -0.2) is 0 Å². The first-order valence-corrected chi connectivity index (χ1v) is 5.66. The van der Waals surface area contributed by atoms with Crippen LogP contribution in [0, 0.1) is 29.1 Å². The maximum absolute atomic E-state index is 11.5. The van der Waals surface area contributed by atoms with Crippen molar-refractivity contribution in [2.45, 2.75) is 40.5 Å². The summed E-state index contributed by atoms with van der Waals surface area (Å²) in [5, 5.41) is 11.6. The van der Waals surface area contributed by atoms with E-state index in [1.165, 1.54) is 0 Å². The second-order valence-electron chi connectivity index (χ2n) is 4.68.